The van der Waals surface area contributed by atoms with Gasteiger partial charge in [-0.05, 0) is 19.3 Å². The Bertz CT molecular complexity index is 288. The third kappa shape index (κ3) is 2.99. The summed E-state index contributed by atoms with van der Waals surface area (Å²) in [5.74, 6) is -1.69. The minimum atomic E-state index is -4.20. The zero-order valence-electron chi connectivity index (χ0n) is 9.22. The molecular formula is C8H15F2O5P. The SMILES string of the molecule is COP(=O)(OC)OC(F)(F)[C@@H]1C[C@H]1[C@@H](C)O. The molecule has 1 fully saturated rings. The second-order valence-corrected chi connectivity index (χ2v) is 5.52. The summed E-state index contributed by atoms with van der Waals surface area (Å²) in [6.45, 7) is 1.42. The highest BCUT2D eigenvalue weighted by atomic mass is 31.2. The van der Waals surface area contributed by atoms with Crippen molar-refractivity contribution < 1.29 is 32.0 Å². The smallest absolute Gasteiger partial charge is 0.393 e. The summed E-state index contributed by atoms with van der Waals surface area (Å²) < 4.78 is 50.8. The van der Waals surface area contributed by atoms with Crippen molar-refractivity contribution in [2.24, 2.45) is 11.8 Å². The molecule has 0 amide bonds. The van der Waals surface area contributed by atoms with Gasteiger partial charge in [-0.15, -0.1) is 0 Å². The normalized spacial score (nSPS) is 27.9. The first-order valence-electron chi connectivity index (χ1n) is 4.74. The van der Waals surface area contributed by atoms with Gasteiger partial charge < -0.3 is 5.11 Å². The van der Waals surface area contributed by atoms with Crippen LogP contribution in [0.2, 0.25) is 0 Å². The highest BCUT2D eigenvalue weighted by Crippen LogP contribution is 2.59. The van der Waals surface area contributed by atoms with Crippen molar-refractivity contribution in [2.45, 2.75) is 25.6 Å². The van der Waals surface area contributed by atoms with Crippen LogP contribution in [0, 0.1) is 11.8 Å². The van der Waals surface area contributed by atoms with Crippen LogP contribution in [-0.4, -0.2) is 31.5 Å². The quantitative estimate of drug-likeness (QED) is 0.740. The molecule has 3 atom stereocenters. The molecule has 0 saturated heterocycles. The van der Waals surface area contributed by atoms with Crippen LogP contribution >= 0.6 is 7.82 Å². The van der Waals surface area contributed by atoms with E-state index in [2.05, 4.69) is 13.6 Å². The van der Waals surface area contributed by atoms with E-state index in [1.165, 1.54) is 6.92 Å². The molecule has 0 spiro atoms. The average Bonchev–Trinajstić information content (AvgIpc) is 2.97. The molecule has 0 aromatic heterocycles. The highest BCUT2D eigenvalue weighted by molar-refractivity contribution is 7.48. The Hall–Kier alpha value is -0.0700. The first kappa shape index (κ1) is 14.0. The van der Waals surface area contributed by atoms with Crippen LogP contribution in [0.3, 0.4) is 0 Å². The summed E-state index contributed by atoms with van der Waals surface area (Å²) in [5, 5.41) is 9.12. The molecule has 1 saturated carbocycles. The molecular weight excluding hydrogens is 245 g/mol. The molecule has 0 unspecified atom stereocenters. The summed E-state index contributed by atoms with van der Waals surface area (Å²) in [7, 11) is -2.29. The Morgan fingerprint density at radius 3 is 2.25 bits per heavy atom. The van der Waals surface area contributed by atoms with Gasteiger partial charge in [0.15, 0.2) is 0 Å². The molecule has 1 rings (SSSR count). The lowest BCUT2D eigenvalue weighted by Crippen LogP contribution is -2.25. The van der Waals surface area contributed by atoms with E-state index in [0.29, 0.717) is 0 Å². The van der Waals surface area contributed by atoms with Gasteiger partial charge in [0, 0.05) is 14.2 Å². The molecule has 0 bridgehead atoms. The van der Waals surface area contributed by atoms with E-state index in [4.69, 9.17) is 5.11 Å². The summed E-state index contributed by atoms with van der Waals surface area (Å²) in [4.78, 5) is 0. The lowest BCUT2D eigenvalue weighted by atomic mass is 10.2. The molecule has 1 aliphatic rings. The lowest BCUT2D eigenvalue weighted by molar-refractivity contribution is -0.208. The van der Waals surface area contributed by atoms with Crippen LogP contribution in [-0.2, 0) is 18.1 Å². The Morgan fingerprint density at radius 1 is 1.44 bits per heavy atom. The molecule has 16 heavy (non-hydrogen) atoms. The van der Waals surface area contributed by atoms with E-state index < -0.39 is 31.9 Å². The molecule has 0 heterocycles. The van der Waals surface area contributed by atoms with Gasteiger partial charge in [0.25, 0.3) is 0 Å². The maximum absolute atomic E-state index is 13.4. The van der Waals surface area contributed by atoms with Gasteiger partial charge in [-0.3, -0.25) is 9.05 Å². The third-order valence-electron chi connectivity index (χ3n) is 2.57. The molecule has 0 aromatic carbocycles. The zero-order chi connectivity index (χ0) is 12.6. The molecule has 5 nitrogen and oxygen atoms in total. The van der Waals surface area contributed by atoms with Crippen molar-refractivity contribution in [3.05, 3.63) is 0 Å². The number of hydrogen-bond acceptors (Lipinski definition) is 5. The molecule has 0 radical (unpaired) electrons. The maximum Gasteiger partial charge on any atom is 0.479 e. The second-order valence-electron chi connectivity index (χ2n) is 3.71. The first-order chi connectivity index (χ1) is 7.25. The van der Waals surface area contributed by atoms with Crippen LogP contribution in [0.25, 0.3) is 0 Å². The number of aliphatic hydroxyl groups is 1. The minimum Gasteiger partial charge on any atom is -0.393 e. The minimum absolute atomic E-state index is 0.123. The van der Waals surface area contributed by atoms with Crippen molar-refractivity contribution in [1.82, 2.24) is 0 Å². The number of alkyl halides is 2. The standard InChI is InChI=1S/C8H15F2O5P/c1-5(11)6-4-7(6)8(9,10)15-16(12,13-2)14-3/h5-7,11H,4H2,1-3H3/t5-,6+,7-/m1/s1. The van der Waals surface area contributed by atoms with Gasteiger partial charge in [-0.2, -0.15) is 8.78 Å². The number of phosphoric acid groups is 1. The van der Waals surface area contributed by atoms with Gasteiger partial charge in [-0.25, -0.2) is 9.09 Å². The van der Waals surface area contributed by atoms with Crippen LogP contribution < -0.4 is 0 Å². The van der Waals surface area contributed by atoms with Crippen LogP contribution in [0.5, 0.6) is 0 Å². The summed E-state index contributed by atoms with van der Waals surface area (Å²) >= 11 is 0. The Kier molecular flexibility index (Phi) is 4.08. The van der Waals surface area contributed by atoms with Crippen LogP contribution in [0.15, 0.2) is 0 Å². The fourth-order valence-electron chi connectivity index (χ4n) is 1.50. The Balaban J connectivity index is 2.63. The monoisotopic (exact) mass is 260 g/mol. The first-order valence-corrected chi connectivity index (χ1v) is 6.20. The summed E-state index contributed by atoms with van der Waals surface area (Å²) in [5.41, 5.74) is 0. The van der Waals surface area contributed by atoms with E-state index in [1.807, 2.05) is 0 Å². The van der Waals surface area contributed by atoms with E-state index in [9.17, 15) is 13.3 Å². The van der Waals surface area contributed by atoms with Gasteiger partial charge in [0.05, 0.1) is 12.0 Å². The van der Waals surface area contributed by atoms with Crippen molar-refractivity contribution in [2.75, 3.05) is 14.2 Å². The average molecular weight is 260 g/mol. The van der Waals surface area contributed by atoms with Crippen molar-refractivity contribution in [3.63, 3.8) is 0 Å². The third-order valence-corrected chi connectivity index (χ3v) is 3.93. The van der Waals surface area contributed by atoms with Crippen molar-refractivity contribution in [1.29, 1.82) is 0 Å². The lowest BCUT2D eigenvalue weighted by Gasteiger charge is -2.21. The molecule has 1 N–H and O–H groups in total. The van der Waals surface area contributed by atoms with Crippen molar-refractivity contribution >= 4 is 7.82 Å². The molecule has 0 aromatic rings. The highest BCUT2D eigenvalue weighted by Gasteiger charge is 2.60. The Labute approximate surface area is 92.3 Å². The van der Waals surface area contributed by atoms with E-state index in [0.717, 1.165) is 14.2 Å². The van der Waals surface area contributed by atoms with Crippen LogP contribution in [0.1, 0.15) is 13.3 Å². The fourth-order valence-corrected chi connectivity index (χ4v) is 2.23. The number of rotatable bonds is 6. The van der Waals surface area contributed by atoms with Gasteiger partial charge in [0.1, 0.15) is 0 Å². The molecule has 8 heteroatoms. The predicted molar refractivity (Wildman–Crippen MR) is 50.9 cm³/mol. The maximum atomic E-state index is 13.4. The second kappa shape index (κ2) is 4.66. The summed E-state index contributed by atoms with van der Waals surface area (Å²) in [6, 6.07) is 0. The van der Waals surface area contributed by atoms with E-state index in [-0.39, 0.29) is 6.42 Å². The van der Waals surface area contributed by atoms with E-state index in [1.54, 1.807) is 0 Å². The van der Waals surface area contributed by atoms with Gasteiger partial charge >= 0.3 is 13.9 Å². The molecule has 1 aliphatic carbocycles. The van der Waals surface area contributed by atoms with E-state index >= 15 is 0 Å². The summed E-state index contributed by atoms with van der Waals surface area (Å²) in [6.07, 6.45) is -4.34. The fraction of sp³-hybridized carbons (Fsp3) is 1.00. The van der Waals surface area contributed by atoms with Crippen LogP contribution in [0.4, 0.5) is 8.78 Å². The largest absolute Gasteiger partial charge is 0.479 e. The predicted octanol–water partition coefficient (Wildman–Crippen LogP) is 2.01. The topological polar surface area (TPSA) is 65.0 Å². The number of hydrogen-bond donors (Lipinski definition) is 1. The number of aliphatic hydroxyl groups excluding tert-OH is 1. The molecule has 96 valence electrons. The number of halogens is 2. The van der Waals surface area contributed by atoms with Gasteiger partial charge in [0.2, 0.25) is 0 Å². The Morgan fingerprint density at radius 2 is 1.94 bits per heavy atom. The molecule has 0 aliphatic heterocycles. The van der Waals surface area contributed by atoms with Gasteiger partial charge in [-0.1, -0.05) is 0 Å². The number of phosphoric ester groups is 1. The van der Waals surface area contributed by atoms with Crippen molar-refractivity contribution in [3.8, 4) is 0 Å². The zero-order valence-corrected chi connectivity index (χ0v) is 10.1.